The molecule has 1 unspecified atom stereocenters. The van der Waals surface area contributed by atoms with Crippen molar-refractivity contribution in [1.82, 2.24) is 5.32 Å². The molecule has 13 heavy (non-hydrogen) atoms. The molecule has 0 bridgehead atoms. The number of hydrogen-bond acceptors (Lipinski definition) is 2. The summed E-state index contributed by atoms with van der Waals surface area (Å²) in [6.07, 6.45) is 2.56. The average molecular weight is 185 g/mol. The maximum absolute atomic E-state index is 11.0. The van der Waals surface area contributed by atoms with Gasteiger partial charge in [-0.2, -0.15) is 0 Å². The van der Waals surface area contributed by atoms with Gasteiger partial charge in [0.1, 0.15) is 0 Å². The SMILES string of the molecule is CCC(=O)NC(CC(=O)O)C1CC1. The van der Waals surface area contributed by atoms with E-state index in [-0.39, 0.29) is 18.4 Å². The van der Waals surface area contributed by atoms with Gasteiger partial charge in [-0.3, -0.25) is 9.59 Å². The Morgan fingerprint density at radius 1 is 1.54 bits per heavy atom. The molecule has 0 aliphatic heterocycles. The number of nitrogens with one attached hydrogen (secondary N) is 1. The van der Waals surface area contributed by atoms with Crippen LogP contribution >= 0.6 is 0 Å². The minimum atomic E-state index is -0.840. The fourth-order valence-corrected chi connectivity index (χ4v) is 1.33. The smallest absolute Gasteiger partial charge is 0.305 e. The first-order chi connectivity index (χ1) is 6.13. The van der Waals surface area contributed by atoms with Crippen molar-refractivity contribution < 1.29 is 14.7 Å². The molecule has 4 nitrogen and oxygen atoms in total. The summed E-state index contributed by atoms with van der Waals surface area (Å²) in [5.74, 6) is -0.502. The lowest BCUT2D eigenvalue weighted by Crippen LogP contribution is -2.37. The molecule has 1 amide bonds. The molecular weight excluding hydrogens is 170 g/mol. The Labute approximate surface area is 77.3 Å². The standard InChI is InChI=1S/C9H15NO3/c1-2-8(11)10-7(5-9(12)13)6-3-4-6/h6-7H,2-5H2,1H3,(H,10,11)(H,12,13). The molecule has 0 heterocycles. The van der Waals surface area contributed by atoms with Crippen molar-refractivity contribution in [3.63, 3.8) is 0 Å². The molecule has 0 aromatic rings. The summed E-state index contributed by atoms with van der Waals surface area (Å²) < 4.78 is 0. The summed E-state index contributed by atoms with van der Waals surface area (Å²) in [7, 11) is 0. The normalized spacial score (nSPS) is 17.9. The van der Waals surface area contributed by atoms with Crippen LogP contribution in [0.4, 0.5) is 0 Å². The zero-order valence-corrected chi connectivity index (χ0v) is 7.75. The second kappa shape index (κ2) is 4.25. The van der Waals surface area contributed by atoms with E-state index in [0.717, 1.165) is 12.8 Å². The minimum absolute atomic E-state index is 0.0520. The van der Waals surface area contributed by atoms with Crippen molar-refractivity contribution >= 4 is 11.9 Å². The van der Waals surface area contributed by atoms with Gasteiger partial charge in [0.2, 0.25) is 5.91 Å². The van der Waals surface area contributed by atoms with Gasteiger partial charge in [-0.05, 0) is 18.8 Å². The minimum Gasteiger partial charge on any atom is -0.481 e. The molecular formula is C9H15NO3. The van der Waals surface area contributed by atoms with Crippen LogP contribution in [-0.2, 0) is 9.59 Å². The van der Waals surface area contributed by atoms with Crippen molar-refractivity contribution in [3.05, 3.63) is 0 Å². The van der Waals surface area contributed by atoms with Gasteiger partial charge in [0.05, 0.1) is 6.42 Å². The van der Waals surface area contributed by atoms with E-state index in [0.29, 0.717) is 12.3 Å². The molecule has 0 aromatic heterocycles. The number of carbonyl (C=O) groups is 2. The van der Waals surface area contributed by atoms with Crippen molar-refractivity contribution in [2.24, 2.45) is 5.92 Å². The predicted molar refractivity (Wildman–Crippen MR) is 47.2 cm³/mol. The molecule has 0 spiro atoms. The van der Waals surface area contributed by atoms with Crippen molar-refractivity contribution in [2.75, 3.05) is 0 Å². The molecule has 4 heteroatoms. The lowest BCUT2D eigenvalue weighted by molar-refractivity contribution is -0.137. The Balaban J connectivity index is 2.37. The number of carbonyl (C=O) groups excluding carboxylic acids is 1. The number of carboxylic acids is 1. The van der Waals surface area contributed by atoms with Gasteiger partial charge >= 0.3 is 5.97 Å². The molecule has 1 fully saturated rings. The summed E-state index contributed by atoms with van der Waals surface area (Å²) in [5, 5.41) is 11.3. The first-order valence-corrected chi connectivity index (χ1v) is 4.64. The summed E-state index contributed by atoms with van der Waals surface area (Å²) in [6, 6.07) is -0.148. The molecule has 0 aromatic carbocycles. The van der Waals surface area contributed by atoms with Crippen LogP contribution in [0.5, 0.6) is 0 Å². The van der Waals surface area contributed by atoms with Crippen LogP contribution in [0.1, 0.15) is 32.6 Å². The number of aliphatic carboxylic acids is 1. The topological polar surface area (TPSA) is 66.4 Å². The van der Waals surface area contributed by atoms with Crippen LogP contribution in [0.3, 0.4) is 0 Å². The van der Waals surface area contributed by atoms with Crippen LogP contribution in [0.2, 0.25) is 0 Å². The predicted octanol–water partition coefficient (Wildman–Crippen LogP) is 0.766. The van der Waals surface area contributed by atoms with Crippen LogP contribution < -0.4 is 5.32 Å². The van der Waals surface area contributed by atoms with Gasteiger partial charge in [0.25, 0.3) is 0 Å². The van der Waals surface area contributed by atoms with E-state index in [9.17, 15) is 9.59 Å². The van der Waals surface area contributed by atoms with Gasteiger partial charge in [-0.15, -0.1) is 0 Å². The lowest BCUT2D eigenvalue weighted by atomic mass is 10.1. The Bertz CT molecular complexity index is 211. The van der Waals surface area contributed by atoms with Crippen LogP contribution in [0, 0.1) is 5.92 Å². The Morgan fingerprint density at radius 3 is 2.54 bits per heavy atom. The third-order valence-electron chi connectivity index (χ3n) is 2.25. The molecule has 0 saturated heterocycles. The fraction of sp³-hybridized carbons (Fsp3) is 0.778. The third kappa shape index (κ3) is 3.44. The first-order valence-electron chi connectivity index (χ1n) is 4.64. The summed E-state index contributed by atoms with van der Waals surface area (Å²) in [6.45, 7) is 1.76. The zero-order valence-electron chi connectivity index (χ0n) is 7.75. The molecule has 1 atom stereocenters. The third-order valence-corrected chi connectivity index (χ3v) is 2.25. The van der Waals surface area contributed by atoms with Crippen LogP contribution in [-0.4, -0.2) is 23.0 Å². The largest absolute Gasteiger partial charge is 0.481 e. The number of hydrogen-bond donors (Lipinski definition) is 2. The second-order valence-electron chi connectivity index (χ2n) is 3.46. The number of carboxylic acid groups (broad SMARTS) is 1. The van der Waals surface area contributed by atoms with Crippen molar-refractivity contribution in [3.8, 4) is 0 Å². The van der Waals surface area contributed by atoms with Gasteiger partial charge in [0, 0.05) is 12.5 Å². The van der Waals surface area contributed by atoms with E-state index in [1.165, 1.54) is 0 Å². The zero-order chi connectivity index (χ0) is 9.84. The molecule has 1 saturated carbocycles. The van der Waals surface area contributed by atoms with Crippen LogP contribution in [0.15, 0.2) is 0 Å². The van der Waals surface area contributed by atoms with E-state index < -0.39 is 5.97 Å². The lowest BCUT2D eigenvalue weighted by Gasteiger charge is -2.15. The van der Waals surface area contributed by atoms with E-state index >= 15 is 0 Å². The summed E-state index contributed by atoms with van der Waals surface area (Å²) in [5.41, 5.74) is 0. The van der Waals surface area contributed by atoms with Gasteiger partial charge in [0.15, 0.2) is 0 Å². The Hall–Kier alpha value is -1.06. The van der Waals surface area contributed by atoms with Gasteiger partial charge in [-0.25, -0.2) is 0 Å². The quantitative estimate of drug-likeness (QED) is 0.664. The molecule has 0 radical (unpaired) electrons. The monoisotopic (exact) mass is 185 g/mol. The van der Waals surface area contributed by atoms with Gasteiger partial charge in [-0.1, -0.05) is 6.92 Å². The summed E-state index contributed by atoms with van der Waals surface area (Å²) >= 11 is 0. The maximum atomic E-state index is 11.0. The average Bonchev–Trinajstić information content (AvgIpc) is 2.84. The maximum Gasteiger partial charge on any atom is 0.305 e. The second-order valence-corrected chi connectivity index (χ2v) is 3.46. The number of amides is 1. The highest BCUT2D eigenvalue weighted by Crippen LogP contribution is 2.33. The fourth-order valence-electron chi connectivity index (χ4n) is 1.33. The molecule has 1 aliphatic rings. The highest BCUT2D eigenvalue weighted by Gasteiger charge is 2.33. The number of rotatable bonds is 5. The van der Waals surface area contributed by atoms with Gasteiger partial charge < -0.3 is 10.4 Å². The molecule has 2 N–H and O–H groups in total. The highest BCUT2D eigenvalue weighted by molar-refractivity contribution is 5.77. The molecule has 1 aliphatic carbocycles. The van der Waals surface area contributed by atoms with E-state index in [2.05, 4.69) is 5.32 Å². The Kier molecular flexibility index (Phi) is 3.28. The van der Waals surface area contributed by atoms with Crippen molar-refractivity contribution in [1.29, 1.82) is 0 Å². The molecule has 74 valence electrons. The molecule has 1 rings (SSSR count). The van der Waals surface area contributed by atoms with Crippen molar-refractivity contribution in [2.45, 2.75) is 38.6 Å². The van der Waals surface area contributed by atoms with Crippen LogP contribution in [0.25, 0.3) is 0 Å². The first kappa shape index (κ1) is 10.0. The van der Waals surface area contributed by atoms with E-state index in [4.69, 9.17) is 5.11 Å². The van der Waals surface area contributed by atoms with E-state index in [1.54, 1.807) is 6.92 Å². The highest BCUT2D eigenvalue weighted by atomic mass is 16.4. The summed E-state index contributed by atoms with van der Waals surface area (Å²) in [4.78, 5) is 21.5. The van der Waals surface area contributed by atoms with E-state index in [1.807, 2.05) is 0 Å². The Morgan fingerprint density at radius 2 is 2.15 bits per heavy atom.